The van der Waals surface area contributed by atoms with Crippen LogP contribution in [0.15, 0.2) is 0 Å². The molecule has 76 valence electrons. The van der Waals surface area contributed by atoms with Gasteiger partial charge in [-0.15, -0.1) is 0 Å². The first kappa shape index (κ1) is 9.44. The van der Waals surface area contributed by atoms with Gasteiger partial charge in [0.2, 0.25) is 0 Å². The Morgan fingerprint density at radius 2 is 2.00 bits per heavy atom. The predicted molar refractivity (Wildman–Crippen MR) is 54.9 cm³/mol. The van der Waals surface area contributed by atoms with E-state index < -0.39 is 0 Å². The van der Waals surface area contributed by atoms with Crippen LogP contribution < -0.4 is 16.0 Å². The van der Waals surface area contributed by atoms with Crippen molar-refractivity contribution in [1.29, 1.82) is 0 Å². The summed E-state index contributed by atoms with van der Waals surface area (Å²) >= 11 is 0. The first-order valence-electron chi connectivity index (χ1n) is 5.60. The quantitative estimate of drug-likeness (QED) is 0.573. The molecule has 2 unspecified atom stereocenters. The van der Waals surface area contributed by atoms with Gasteiger partial charge in [-0.2, -0.15) is 0 Å². The van der Waals surface area contributed by atoms with Gasteiger partial charge in [-0.3, -0.25) is 0 Å². The average Bonchev–Trinajstić information content (AvgIpc) is 2.69. The third-order valence-electron chi connectivity index (χ3n) is 3.15. The highest BCUT2D eigenvalue weighted by Crippen LogP contribution is 2.07. The van der Waals surface area contributed by atoms with Gasteiger partial charge in [-0.1, -0.05) is 0 Å². The van der Waals surface area contributed by atoms with Crippen LogP contribution in [-0.4, -0.2) is 38.8 Å². The summed E-state index contributed by atoms with van der Waals surface area (Å²) in [5.74, 6) is 0.877. The fourth-order valence-electron chi connectivity index (χ4n) is 2.25. The van der Waals surface area contributed by atoms with E-state index in [0.29, 0.717) is 0 Å². The van der Waals surface area contributed by atoms with Gasteiger partial charge in [0.25, 0.3) is 0 Å². The van der Waals surface area contributed by atoms with Crippen molar-refractivity contribution in [3.63, 3.8) is 0 Å². The van der Waals surface area contributed by atoms with Gasteiger partial charge in [-0.05, 0) is 51.4 Å². The van der Waals surface area contributed by atoms with Crippen LogP contribution in [-0.2, 0) is 0 Å². The van der Waals surface area contributed by atoms with Crippen molar-refractivity contribution >= 4 is 0 Å². The molecule has 13 heavy (non-hydrogen) atoms. The van der Waals surface area contributed by atoms with E-state index in [1.54, 1.807) is 0 Å². The molecule has 0 radical (unpaired) electrons. The Bertz CT molecular complexity index is 137. The van der Waals surface area contributed by atoms with Crippen molar-refractivity contribution in [3.05, 3.63) is 0 Å². The largest absolute Gasteiger partial charge is 0.316 e. The van der Waals surface area contributed by atoms with Gasteiger partial charge >= 0.3 is 0 Å². The Morgan fingerprint density at radius 3 is 2.69 bits per heavy atom. The molecule has 2 rings (SSSR count). The monoisotopic (exact) mass is 183 g/mol. The van der Waals surface area contributed by atoms with E-state index in [0.717, 1.165) is 12.0 Å². The maximum atomic E-state index is 3.66. The molecular weight excluding hydrogens is 162 g/mol. The highest BCUT2D eigenvalue weighted by Gasteiger charge is 2.17. The Labute approximate surface area is 80.7 Å². The Hall–Kier alpha value is -0.120. The van der Waals surface area contributed by atoms with Gasteiger partial charge in [0.15, 0.2) is 0 Å². The molecule has 0 amide bonds. The van der Waals surface area contributed by atoms with Crippen molar-refractivity contribution in [1.82, 2.24) is 16.0 Å². The normalized spacial score (nSPS) is 35.1. The van der Waals surface area contributed by atoms with Crippen molar-refractivity contribution in [2.45, 2.75) is 25.3 Å². The minimum absolute atomic E-state index is 0.731. The molecule has 2 aliphatic heterocycles. The summed E-state index contributed by atoms with van der Waals surface area (Å²) in [6, 6.07) is 0.731. The van der Waals surface area contributed by atoms with E-state index in [1.165, 1.54) is 52.0 Å². The predicted octanol–water partition coefficient (Wildman–Crippen LogP) is -0.0625. The molecule has 0 aromatic rings. The highest BCUT2D eigenvalue weighted by molar-refractivity contribution is 4.79. The van der Waals surface area contributed by atoms with Crippen LogP contribution in [0.3, 0.4) is 0 Å². The van der Waals surface area contributed by atoms with Crippen LogP contribution in [0.5, 0.6) is 0 Å². The molecule has 3 nitrogen and oxygen atoms in total. The summed E-state index contributed by atoms with van der Waals surface area (Å²) in [4.78, 5) is 0. The minimum atomic E-state index is 0.731. The lowest BCUT2D eigenvalue weighted by atomic mass is 10.1. The second-order valence-electron chi connectivity index (χ2n) is 4.31. The van der Waals surface area contributed by atoms with Crippen LogP contribution in [0.2, 0.25) is 0 Å². The van der Waals surface area contributed by atoms with Crippen molar-refractivity contribution in [2.75, 3.05) is 32.7 Å². The Kier molecular flexibility index (Phi) is 3.58. The van der Waals surface area contributed by atoms with Crippen LogP contribution >= 0.6 is 0 Å². The molecule has 0 aromatic carbocycles. The van der Waals surface area contributed by atoms with Crippen LogP contribution in [0.1, 0.15) is 19.3 Å². The third-order valence-corrected chi connectivity index (χ3v) is 3.15. The zero-order valence-electron chi connectivity index (χ0n) is 8.31. The van der Waals surface area contributed by atoms with Crippen molar-refractivity contribution in [3.8, 4) is 0 Å². The molecule has 0 aliphatic carbocycles. The number of piperidine rings is 1. The topological polar surface area (TPSA) is 36.1 Å². The summed E-state index contributed by atoms with van der Waals surface area (Å²) < 4.78 is 0. The smallest absolute Gasteiger partial charge is 0.0193 e. The van der Waals surface area contributed by atoms with E-state index in [-0.39, 0.29) is 0 Å². The van der Waals surface area contributed by atoms with Gasteiger partial charge in [-0.25, -0.2) is 0 Å². The van der Waals surface area contributed by atoms with Gasteiger partial charge in [0, 0.05) is 12.6 Å². The number of rotatable bonds is 3. The highest BCUT2D eigenvalue weighted by atomic mass is 15.0. The van der Waals surface area contributed by atoms with Gasteiger partial charge in [0.1, 0.15) is 0 Å². The molecule has 3 N–H and O–H groups in total. The van der Waals surface area contributed by atoms with Crippen LogP contribution in [0, 0.1) is 5.92 Å². The van der Waals surface area contributed by atoms with Crippen LogP contribution in [0.25, 0.3) is 0 Å². The van der Waals surface area contributed by atoms with E-state index in [9.17, 15) is 0 Å². The summed E-state index contributed by atoms with van der Waals surface area (Å²) in [5, 5.41) is 10.5. The zero-order chi connectivity index (χ0) is 8.93. The lowest BCUT2D eigenvalue weighted by Gasteiger charge is -2.25. The molecular formula is C10H21N3. The van der Waals surface area contributed by atoms with E-state index in [2.05, 4.69) is 16.0 Å². The van der Waals surface area contributed by atoms with E-state index in [4.69, 9.17) is 0 Å². The number of hydrogen-bond acceptors (Lipinski definition) is 3. The lowest BCUT2D eigenvalue weighted by molar-refractivity contribution is 0.366. The van der Waals surface area contributed by atoms with Crippen molar-refractivity contribution in [2.24, 2.45) is 5.92 Å². The van der Waals surface area contributed by atoms with E-state index in [1.807, 2.05) is 0 Å². The molecule has 2 aliphatic rings. The molecule has 0 spiro atoms. The first-order chi connectivity index (χ1) is 6.45. The fourth-order valence-corrected chi connectivity index (χ4v) is 2.25. The number of nitrogens with one attached hydrogen (secondary N) is 3. The molecule has 3 heteroatoms. The summed E-state index contributed by atoms with van der Waals surface area (Å²) in [7, 11) is 0. The average molecular weight is 183 g/mol. The maximum Gasteiger partial charge on any atom is 0.0193 e. The third kappa shape index (κ3) is 2.93. The maximum absolute atomic E-state index is 3.66. The second kappa shape index (κ2) is 4.94. The molecule has 0 aromatic heterocycles. The van der Waals surface area contributed by atoms with Crippen molar-refractivity contribution < 1.29 is 0 Å². The molecule has 2 saturated heterocycles. The summed E-state index contributed by atoms with van der Waals surface area (Å²) in [6.45, 7) is 6.02. The van der Waals surface area contributed by atoms with E-state index >= 15 is 0 Å². The molecule has 0 bridgehead atoms. The molecule has 0 saturated carbocycles. The van der Waals surface area contributed by atoms with Gasteiger partial charge in [0.05, 0.1) is 0 Å². The standard InChI is InChI=1S/C10H21N3/c1-2-10(8-11-4-1)13-7-9-3-5-12-6-9/h9-13H,1-8H2. The SMILES string of the molecule is C1CNCC(NCC2CCNC2)C1. The summed E-state index contributed by atoms with van der Waals surface area (Å²) in [5.41, 5.74) is 0. The van der Waals surface area contributed by atoms with Crippen LogP contribution in [0.4, 0.5) is 0 Å². The Morgan fingerprint density at radius 1 is 1.08 bits per heavy atom. The minimum Gasteiger partial charge on any atom is -0.316 e. The first-order valence-corrected chi connectivity index (χ1v) is 5.60. The molecule has 2 fully saturated rings. The second-order valence-corrected chi connectivity index (χ2v) is 4.31. The fraction of sp³-hybridized carbons (Fsp3) is 1.00. The molecule has 2 heterocycles. The summed E-state index contributed by atoms with van der Waals surface area (Å²) in [6.07, 6.45) is 4.04. The zero-order valence-corrected chi connectivity index (χ0v) is 8.31. The molecule has 2 atom stereocenters. The van der Waals surface area contributed by atoms with Gasteiger partial charge < -0.3 is 16.0 Å². The lowest BCUT2D eigenvalue weighted by Crippen LogP contribution is -2.44. The Balaban J connectivity index is 1.60. The number of hydrogen-bond donors (Lipinski definition) is 3.